The molecule has 500 valence electrons. The fourth-order valence-corrected chi connectivity index (χ4v) is 12.7. The number of aromatic amines is 3. The molecule has 0 unspecified atom stereocenters. The molecule has 3 aromatic heterocycles. The Hall–Kier alpha value is -10.5. The zero-order chi connectivity index (χ0) is 67.7. The molecule has 8 atom stereocenters. The van der Waals surface area contributed by atoms with Crippen LogP contribution in [0.15, 0.2) is 110 Å². The number of piperidine rings is 1. The van der Waals surface area contributed by atoms with Gasteiger partial charge in [0.15, 0.2) is 0 Å². The molecular weight excluding hydrogens is 1230 g/mol. The summed E-state index contributed by atoms with van der Waals surface area (Å²) in [6, 6.07) is 11.6. The van der Waals surface area contributed by atoms with E-state index >= 15 is 4.79 Å². The van der Waals surface area contributed by atoms with E-state index in [2.05, 4.69) is 57.2 Å². The molecule has 4 bridgehead atoms. The number of methoxy groups -OCH3 is 1. The van der Waals surface area contributed by atoms with Crippen LogP contribution in [0.2, 0.25) is 0 Å². The standard InChI is InChI=1S/C68H78F2N14O11/c1-37-60(87)78-55(29-44-34-74-52-18-14-46(70)31-50(44)52)63(90)80-54(28-43-33-73-51-17-13-45(69)30-49(43)51)62(89)77-38(2)61(88)79-56(32-47-35-72-36-75-47)64(91)81-57(27-41-8-15-48(95-4)16-9-41)66(93)84-23-5-22-68(84,3)67(94)82-53(59(71)86)26-40-6-11-42(12-7-40)65(92)83-24-20-39(21-25-83)10-19-58(85)76-37/h6-9,11-18,30-31,33-39,53-57,73-74H,5,10,19-29,32H2,1-4H3,(H2,71,86)(H,72,75)(H,76,85)(H,77,89)(H,78,87)(H,79,88)(H,80,90)(H,81,91)(H,82,94)/t37-,38+,53+,54+,55+,56+,57+,68+/m1/s1. The topological polar surface area (TPSA) is 357 Å². The maximum atomic E-state index is 15.2. The Bertz CT molecular complexity index is 4000. The molecule has 95 heavy (non-hydrogen) atoms. The minimum Gasteiger partial charge on any atom is -0.497 e. The molecule has 10 amide bonds. The highest BCUT2D eigenvalue weighted by molar-refractivity contribution is 6.00. The summed E-state index contributed by atoms with van der Waals surface area (Å²) >= 11 is 0. The van der Waals surface area contributed by atoms with Crippen LogP contribution in [0.25, 0.3) is 21.8 Å². The van der Waals surface area contributed by atoms with Crippen molar-refractivity contribution < 1.29 is 61.5 Å². The van der Waals surface area contributed by atoms with Crippen molar-refractivity contribution in [2.45, 2.75) is 139 Å². The number of benzene rings is 4. The lowest BCUT2D eigenvalue weighted by Crippen LogP contribution is -2.63. The predicted octanol–water partition coefficient (Wildman–Crippen LogP) is 3.12. The highest BCUT2D eigenvalue weighted by Gasteiger charge is 2.48. The van der Waals surface area contributed by atoms with Gasteiger partial charge in [0, 0.05) is 110 Å². The van der Waals surface area contributed by atoms with Crippen LogP contribution in [0, 0.1) is 17.6 Å². The fourth-order valence-electron chi connectivity index (χ4n) is 12.7. The molecule has 12 rings (SSSR count). The van der Waals surface area contributed by atoms with E-state index in [4.69, 9.17) is 10.5 Å². The molecule has 0 spiro atoms. The van der Waals surface area contributed by atoms with Crippen molar-refractivity contribution in [1.29, 1.82) is 0 Å². The van der Waals surface area contributed by atoms with E-state index in [1.807, 2.05) is 0 Å². The van der Waals surface area contributed by atoms with Crippen LogP contribution < -0.4 is 47.7 Å². The molecule has 27 heteroatoms. The fraction of sp³-hybridized carbons (Fsp3) is 0.397. The Kier molecular flexibility index (Phi) is 21.0. The van der Waals surface area contributed by atoms with Gasteiger partial charge in [-0.25, -0.2) is 13.8 Å². The minimum absolute atomic E-state index is 0.0415. The lowest BCUT2D eigenvalue weighted by Gasteiger charge is -2.37. The largest absolute Gasteiger partial charge is 0.497 e. The first-order valence-electron chi connectivity index (χ1n) is 31.7. The van der Waals surface area contributed by atoms with Gasteiger partial charge in [0.25, 0.3) is 5.91 Å². The van der Waals surface area contributed by atoms with Gasteiger partial charge in [0.2, 0.25) is 53.2 Å². The molecule has 25 nitrogen and oxygen atoms in total. The number of aromatic nitrogens is 4. The maximum Gasteiger partial charge on any atom is 0.253 e. The van der Waals surface area contributed by atoms with Crippen molar-refractivity contribution in [2.24, 2.45) is 11.7 Å². The number of fused-ring (bicyclic) bond motifs is 4. The summed E-state index contributed by atoms with van der Waals surface area (Å²) in [5.41, 5.74) is 8.10. The number of amides is 10. The molecule has 4 aromatic carbocycles. The molecule has 8 heterocycles. The molecule has 5 aliphatic heterocycles. The Morgan fingerprint density at radius 3 is 1.76 bits per heavy atom. The number of imidazole rings is 1. The highest BCUT2D eigenvalue weighted by Crippen LogP contribution is 2.32. The van der Waals surface area contributed by atoms with Crippen LogP contribution >= 0.6 is 0 Å². The molecule has 0 radical (unpaired) electrons. The monoisotopic (exact) mass is 1300 g/mol. The third kappa shape index (κ3) is 16.3. The van der Waals surface area contributed by atoms with Crippen LogP contribution in [0.5, 0.6) is 5.75 Å². The average molecular weight is 1310 g/mol. The number of H-pyrrole nitrogens is 3. The van der Waals surface area contributed by atoms with Gasteiger partial charge in [-0.15, -0.1) is 0 Å². The Morgan fingerprint density at radius 2 is 1.19 bits per heavy atom. The van der Waals surface area contributed by atoms with Crippen molar-refractivity contribution in [3.8, 4) is 5.75 Å². The minimum atomic E-state index is -1.57. The number of nitrogens with one attached hydrogen (secondary N) is 10. The molecule has 2 saturated heterocycles. The van der Waals surface area contributed by atoms with Crippen LogP contribution in [0.3, 0.4) is 0 Å². The van der Waals surface area contributed by atoms with Crippen molar-refractivity contribution in [2.75, 3.05) is 26.7 Å². The van der Waals surface area contributed by atoms with E-state index in [0.717, 1.165) is 0 Å². The second-order valence-electron chi connectivity index (χ2n) is 25.0. The summed E-state index contributed by atoms with van der Waals surface area (Å²) in [5.74, 6) is -7.80. The zero-order valence-electron chi connectivity index (χ0n) is 53.1. The number of primary amides is 1. The van der Waals surface area contributed by atoms with E-state index in [-0.39, 0.29) is 63.3 Å². The number of carbonyl (C=O) groups excluding carboxylic acids is 10. The summed E-state index contributed by atoms with van der Waals surface area (Å²) in [6.07, 6.45) is 7.14. The quantitative estimate of drug-likeness (QED) is 0.0941. The third-order valence-electron chi connectivity index (χ3n) is 18.3. The van der Waals surface area contributed by atoms with Gasteiger partial charge >= 0.3 is 0 Å². The molecule has 7 aromatic rings. The highest BCUT2D eigenvalue weighted by atomic mass is 19.1. The van der Waals surface area contributed by atoms with Gasteiger partial charge in [-0.1, -0.05) is 24.3 Å². The van der Waals surface area contributed by atoms with Gasteiger partial charge in [-0.05, 0) is 142 Å². The second kappa shape index (κ2) is 29.6. The number of halogens is 2. The van der Waals surface area contributed by atoms with E-state index in [1.54, 1.807) is 66.6 Å². The average Bonchev–Trinajstić information content (AvgIpc) is 1.91. The number of rotatable bonds is 10. The summed E-state index contributed by atoms with van der Waals surface area (Å²) in [7, 11) is 1.49. The zero-order valence-corrected chi connectivity index (χ0v) is 53.1. The van der Waals surface area contributed by atoms with E-state index in [1.165, 1.54) is 81.0 Å². The number of hydrogen-bond donors (Lipinski definition) is 11. The number of hydrogen-bond acceptors (Lipinski definition) is 12. The lowest BCUT2D eigenvalue weighted by molar-refractivity contribution is -0.147. The Balaban J connectivity index is 0.968. The van der Waals surface area contributed by atoms with Crippen molar-refractivity contribution in [3.63, 3.8) is 0 Å². The molecule has 0 saturated carbocycles. The normalized spacial score (nSPS) is 24.5. The van der Waals surface area contributed by atoms with Crippen LogP contribution in [-0.2, 0) is 75.3 Å². The van der Waals surface area contributed by atoms with Gasteiger partial charge in [-0.3, -0.25) is 47.9 Å². The second-order valence-corrected chi connectivity index (χ2v) is 25.0. The number of nitrogens with two attached hydrogens (primary N) is 1. The van der Waals surface area contributed by atoms with Crippen molar-refractivity contribution in [1.82, 2.24) is 67.0 Å². The summed E-state index contributed by atoms with van der Waals surface area (Å²) < 4.78 is 35.0. The summed E-state index contributed by atoms with van der Waals surface area (Å²) in [5, 5.41) is 20.0. The first kappa shape index (κ1) is 67.4. The number of nitrogens with zero attached hydrogens (tertiary/aromatic N) is 3. The van der Waals surface area contributed by atoms with Crippen molar-refractivity contribution >= 4 is 80.9 Å². The molecule has 5 aliphatic rings. The van der Waals surface area contributed by atoms with Gasteiger partial charge in [0.05, 0.1) is 13.4 Å². The van der Waals surface area contributed by atoms with Crippen molar-refractivity contribution in [3.05, 3.63) is 155 Å². The van der Waals surface area contributed by atoms with E-state index in [9.17, 15) is 51.9 Å². The number of ether oxygens (including phenoxy) is 1. The van der Waals surface area contributed by atoms with Gasteiger partial charge < -0.3 is 72.4 Å². The smallest absolute Gasteiger partial charge is 0.253 e. The molecular formula is C68H78F2N14O11. The molecule has 12 N–H and O–H groups in total. The molecule has 0 aliphatic carbocycles. The molecule has 2 fully saturated rings. The Morgan fingerprint density at radius 1 is 0.632 bits per heavy atom. The summed E-state index contributed by atoms with van der Waals surface area (Å²) in [6.45, 7) is 5.23. The third-order valence-corrected chi connectivity index (χ3v) is 18.3. The first-order valence-corrected chi connectivity index (χ1v) is 31.7. The van der Waals surface area contributed by atoms with E-state index < -0.39 is 113 Å². The summed E-state index contributed by atoms with van der Waals surface area (Å²) in [4.78, 5) is 160. The predicted molar refractivity (Wildman–Crippen MR) is 344 cm³/mol. The van der Waals surface area contributed by atoms with Crippen LogP contribution in [-0.4, -0.2) is 163 Å². The van der Waals surface area contributed by atoms with Gasteiger partial charge in [-0.2, -0.15) is 0 Å². The van der Waals surface area contributed by atoms with Crippen LogP contribution in [0.1, 0.15) is 97.6 Å². The lowest BCUT2D eigenvalue weighted by atomic mass is 9.91. The first-order chi connectivity index (χ1) is 45.5. The Labute approximate surface area is 545 Å². The SMILES string of the molecule is COc1ccc(C[C@@H]2NC(=O)[C@H](Cc3cnc[nH]3)NC(=O)[C@H](C)NC(=O)[C@H](Cc3c[nH]c4ccc(F)cc34)NC(=O)[C@H](Cc3c[nH]c4ccc(F)cc34)NC(=O)[C@@H](C)NC(=O)CCC3CCN(CC3)C(=O)c3ccc(cc3)C[C@@H](C(N)=O)NC(=O)[C@]3(C)CCCN3C2=O)cc1. The van der Waals surface area contributed by atoms with E-state index in [0.29, 0.717) is 99.8 Å². The van der Waals surface area contributed by atoms with Gasteiger partial charge in [0.1, 0.15) is 65.2 Å². The number of carbonyl (C=O) groups is 10. The maximum absolute atomic E-state index is 15.2. The van der Waals surface area contributed by atoms with Crippen LogP contribution in [0.4, 0.5) is 8.78 Å².